The average molecular weight is 528 g/mol. The van der Waals surface area contributed by atoms with Crippen molar-refractivity contribution in [3.8, 4) is 22.5 Å². The standard InChI is InChI=1S/C31H41N7O/c1-4-7-12-27-21-38(29-22(5-2)10-8-9-11-23(29)6-3)31(39)37(27)20-26-19-32-18-17-28(26)24-13-15-25(16-14-24)30-33-35-36-34-30/h13-19,21-23,29H,4-12,20H2,1-3H3,(H,33,34,35,36). The van der Waals surface area contributed by atoms with Gasteiger partial charge in [-0.3, -0.25) is 14.1 Å². The number of nitrogens with one attached hydrogen (secondary N) is 1. The molecule has 2 unspecified atom stereocenters. The molecule has 0 amide bonds. The van der Waals surface area contributed by atoms with E-state index in [0.29, 0.717) is 24.2 Å². The molecule has 1 aromatic carbocycles. The second-order valence-electron chi connectivity index (χ2n) is 11.0. The largest absolute Gasteiger partial charge is 0.328 e. The van der Waals surface area contributed by atoms with Crippen LogP contribution in [0.25, 0.3) is 22.5 Å². The fraction of sp³-hybridized carbons (Fsp3) is 0.516. The average Bonchev–Trinajstić information content (AvgIpc) is 3.55. The molecule has 0 bridgehead atoms. The van der Waals surface area contributed by atoms with Crippen LogP contribution in [0.4, 0.5) is 0 Å². The van der Waals surface area contributed by atoms with Crippen molar-refractivity contribution in [3.05, 3.63) is 70.7 Å². The van der Waals surface area contributed by atoms with E-state index in [-0.39, 0.29) is 11.7 Å². The van der Waals surface area contributed by atoms with Gasteiger partial charge in [0.25, 0.3) is 0 Å². The first kappa shape index (κ1) is 27.0. The third-order valence-electron chi connectivity index (χ3n) is 8.64. The molecule has 1 aliphatic carbocycles. The summed E-state index contributed by atoms with van der Waals surface area (Å²) in [5.74, 6) is 1.67. The number of pyridine rings is 1. The van der Waals surface area contributed by atoms with Crippen molar-refractivity contribution in [1.82, 2.24) is 34.7 Å². The number of aromatic nitrogens is 7. The lowest BCUT2D eigenvalue weighted by molar-refractivity contribution is 0.213. The van der Waals surface area contributed by atoms with Crippen LogP contribution in [-0.2, 0) is 13.0 Å². The van der Waals surface area contributed by atoms with Crippen LogP contribution in [0.2, 0.25) is 0 Å². The molecule has 8 heteroatoms. The molecule has 0 aliphatic heterocycles. The molecule has 1 saturated carbocycles. The highest BCUT2D eigenvalue weighted by molar-refractivity contribution is 5.69. The summed E-state index contributed by atoms with van der Waals surface area (Å²) in [5.41, 5.74) is 5.37. The minimum Gasteiger partial charge on any atom is -0.295 e. The normalized spacial score (nSPS) is 19.7. The second-order valence-corrected chi connectivity index (χ2v) is 11.0. The Bertz CT molecular complexity index is 1370. The summed E-state index contributed by atoms with van der Waals surface area (Å²) in [7, 11) is 0. The number of rotatable bonds is 10. The van der Waals surface area contributed by atoms with Crippen molar-refractivity contribution in [2.24, 2.45) is 11.8 Å². The molecule has 1 fully saturated rings. The summed E-state index contributed by atoms with van der Waals surface area (Å²) in [5, 5.41) is 14.3. The van der Waals surface area contributed by atoms with Crippen LogP contribution in [0.1, 0.15) is 89.4 Å². The van der Waals surface area contributed by atoms with Gasteiger partial charge in [0.15, 0.2) is 0 Å². The monoisotopic (exact) mass is 527 g/mol. The second kappa shape index (κ2) is 12.5. The molecule has 8 nitrogen and oxygen atoms in total. The first-order valence-corrected chi connectivity index (χ1v) is 14.7. The maximum Gasteiger partial charge on any atom is 0.328 e. The fourth-order valence-corrected chi connectivity index (χ4v) is 6.46. The Morgan fingerprint density at radius 1 is 0.974 bits per heavy atom. The molecule has 1 N–H and O–H groups in total. The van der Waals surface area contributed by atoms with Gasteiger partial charge in [-0.2, -0.15) is 5.21 Å². The van der Waals surface area contributed by atoms with Crippen LogP contribution >= 0.6 is 0 Å². The van der Waals surface area contributed by atoms with Crippen molar-refractivity contribution in [2.45, 2.75) is 91.1 Å². The lowest BCUT2D eigenvalue weighted by Crippen LogP contribution is -2.34. The first-order chi connectivity index (χ1) is 19.1. The number of tetrazole rings is 1. The Labute approximate surface area is 230 Å². The van der Waals surface area contributed by atoms with E-state index in [2.05, 4.69) is 69.3 Å². The number of aryl methyl sites for hydroxylation is 1. The van der Waals surface area contributed by atoms with Gasteiger partial charge >= 0.3 is 5.69 Å². The topological polar surface area (TPSA) is 94.3 Å². The van der Waals surface area contributed by atoms with Crippen molar-refractivity contribution >= 4 is 0 Å². The molecular weight excluding hydrogens is 486 g/mol. The van der Waals surface area contributed by atoms with E-state index < -0.39 is 0 Å². The number of H-pyrrole nitrogens is 1. The molecule has 0 saturated heterocycles. The predicted molar refractivity (Wildman–Crippen MR) is 154 cm³/mol. The van der Waals surface area contributed by atoms with Crippen molar-refractivity contribution in [1.29, 1.82) is 0 Å². The number of nitrogens with zero attached hydrogens (tertiary/aromatic N) is 6. The van der Waals surface area contributed by atoms with Gasteiger partial charge in [0.1, 0.15) is 0 Å². The SMILES string of the molecule is CCCCc1cn(C2C(CC)CCCCC2CC)c(=O)n1Cc1cnccc1-c1ccc(-c2nn[nH]n2)cc1. The number of benzene rings is 1. The lowest BCUT2D eigenvalue weighted by atomic mass is 9.83. The van der Waals surface area contributed by atoms with Gasteiger partial charge in [0.2, 0.25) is 5.82 Å². The molecule has 3 aromatic heterocycles. The zero-order valence-electron chi connectivity index (χ0n) is 23.5. The fourth-order valence-electron chi connectivity index (χ4n) is 6.46. The van der Waals surface area contributed by atoms with Gasteiger partial charge in [0.05, 0.1) is 6.54 Å². The number of imidazole rings is 1. The summed E-state index contributed by atoms with van der Waals surface area (Å²) in [6, 6.07) is 10.5. The van der Waals surface area contributed by atoms with Crippen molar-refractivity contribution in [3.63, 3.8) is 0 Å². The van der Waals surface area contributed by atoms with Crippen LogP contribution in [0, 0.1) is 11.8 Å². The molecular formula is C31H41N7O. The Hall–Kier alpha value is -3.55. The summed E-state index contributed by atoms with van der Waals surface area (Å²) in [6.07, 6.45) is 16.2. The van der Waals surface area contributed by atoms with Gasteiger partial charge in [0, 0.05) is 35.9 Å². The molecule has 0 radical (unpaired) electrons. The predicted octanol–water partition coefficient (Wildman–Crippen LogP) is 6.45. The molecule has 1 aliphatic rings. The zero-order valence-corrected chi connectivity index (χ0v) is 23.5. The van der Waals surface area contributed by atoms with Crippen LogP contribution < -0.4 is 5.69 Å². The molecule has 3 heterocycles. The maximum absolute atomic E-state index is 14.2. The van der Waals surface area contributed by atoms with E-state index in [1.807, 2.05) is 35.2 Å². The van der Waals surface area contributed by atoms with E-state index >= 15 is 0 Å². The third kappa shape index (κ3) is 5.75. The summed E-state index contributed by atoms with van der Waals surface area (Å²) in [4.78, 5) is 18.7. The highest BCUT2D eigenvalue weighted by Crippen LogP contribution is 2.40. The quantitative estimate of drug-likeness (QED) is 0.239. The third-order valence-corrected chi connectivity index (χ3v) is 8.64. The van der Waals surface area contributed by atoms with Gasteiger partial charge < -0.3 is 0 Å². The van der Waals surface area contributed by atoms with Gasteiger partial charge in [-0.15, -0.1) is 10.2 Å². The molecule has 39 heavy (non-hydrogen) atoms. The minimum atomic E-state index is 0.132. The van der Waals surface area contributed by atoms with E-state index in [4.69, 9.17) is 0 Å². The maximum atomic E-state index is 14.2. The summed E-state index contributed by atoms with van der Waals surface area (Å²) >= 11 is 0. The minimum absolute atomic E-state index is 0.132. The van der Waals surface area contributed by atoms with Crippen LogP contribution in [0.15, 0.2) is 53.7 Å². The van der Waals surface area contributed by atoms with Crippen molar-refractivity contribution < 1.29 is 0 Å². The summed E-state index contributed by atoms with van der Waals surface area (Å²) < 4.78 is 4.16. The Morgan fingerprint density at radius 3 is 2.33 bits per heavy atom. The van der Waals surface area contributed by atoms with E-state index in [1.54, 1.807) is 0 Å². The van der Waals surface area contributed by atoms with Crippen LogP contribution in [-0.4, -0.2) is 34.7 Å². The smallest absolute Gasteiger partial charge is 0.295 e. The number of hydrogen-bond donors (Lipinski definition) is 1. The lowest BCUT2D eigenvalue weighted by Gasteiger charge is -2.31. The van der Waals surface area contributed by atoms with E-state index in [0.717, 1.165) is 60.1 Å². The Balaban J connectivity index is 1.52. The van der Waals surface area contributed by atoms with E-state index in [9.17, 15) is 4.79 Å². The Morgan fingerprint density at radius 2 is 1.69 bits per heavy atom. The van der Waals surface area contributed by atoms with Crippen LogP contribution in [0.5, 0.6) is 0 Å². The summed E-state index contributed by atoms with van der Waals surface area (Å²) in [6.45, 7) is 7.31. The zero-order chi connectivity index (χ0) is 27.2. The number of aromatic amines is 1. The van der Waals surface area contributed by atoms with Crippen LogP contribution in [0.3, 0.4) is 0 Å². The number of hydrogen-bond acceptors (Lipinski definition) is 5. The molecule has 0 spiro atoms. The highest BCUT2D eigenvalue weighted by Gasteiger charge is 2.33. The highest BCUT2D eigenvalue weighted by atomic mass is 16.1. The van der Waals surface area contributed by atoms with Gasteiger partial charge in [-0.25, -0.2) is 4.79 Å². The molecule has 4 aromatic rings. The Kier molecular flexibility index (Phi) is 8.69. The van der Waals surface area contributed by atoms with Gasteiger partial charge in [-0.05, 0) is 65.5 Å². The first-order valence-electron chi connectivity index (χ1n) is 14.7. The van der Waals surface area contributed by atoms with Gasteiger partial charge in [-0.1, -0.05) is 77.1 Å². The molecule has 206 valence electrons. The van der Waals surface area contributed by atoms with E-state index in [1.165, 1.54) is 25.7 Å². The molecule has 2 atom stereocenters. The molecule has 5 rings (SSSR count). The van der Waals surface area contributed by atoms with Crippen molar-refractivity contribution in [2.75, 3.05) is 0 Å². The number of unbranched alkanes of at least 4 members (excludes halogenated alkanes) is 1.